The maximum absolute atomic E-state index is 5.86. The quantitative estimate of drug-likeness (QED) is 0.677. The molecule has 1 aromatic heterocycles. The van der Waals surface area contributed by atoms with Gasteiger partial charge in [-0.05, 0) is 31.4 Å². The van der Waals surface area contributed by atoms with Crippen molar-refractivity contribution in [1.29, 1.82) is 0 Å². The summed E-state index contributed by atoms with van der Waals surface area (Å²) in [4.78, 5) is 0. The van der Waals surface area contributed by atoms with E-state index < -0.39 is 0 Å². The molecule has 0 bridgehead atoms. The topological polar surface area (TPSA) is 39.9 Å². The first-order chi connectivity index (χ1) is 7.25. The molecule has 0 saturated carbocycles. The molecule has 0 aliphatic heterocycles. The number of nitrogens with zero attached hydrogens (tertiary/aromatic N) is 3. The molecule has 0 aliphatic carbocycles. The minimum atomic E-state index is 0.459. The maximum atomic E-state index is 5.86. The van der Waals surface area contributed by atoms with Gasteiger partial charge in [-0.1, -0.05) is 13.3 Å². The Morgan fingerprint density at radius 2 is 2.00 bits per heavy atom. The summed E-state index contributed by atoms with van der Waals surface area (Å²) in [6.45, 7) is 6.50. The van der Waals surface area contributed by atoms with Crippen LogP contribution in [-0.2, 0) is 11.3 Å². The molecule has 1 rings (SSSR count). The van der Waals surface area contributed by atoms with Gasteiger partial charge in [0, 0.05) is 19.8 Å². The second-order valence-corrected chi connectivity index (χ2v) is 3.83. The van der Waals surface area contributed by atoms with E-state index >= 15 is 0 Å². The van der Waals surface area contributed by atoms with Gasteiger partial charge >= 0.3 is 0 Å². The van der Waals surface area contributed by atoms with Crippen molar-refractivity contribution in [3.8, 4) is 0 Å². The molecule has 0 aliphatic rings. The number of aromatic nitrogens is 3. The zero-order chi connectivity index (χ0) is 11.1. The third-order valence-electron chi connectivity index (χ3n) is 2.20. The standard InChI is InChI=1S/C10H18ClN3O/c1-3-4-7-15-8-5-6-14-9(2)12-13-10(14)11/h3-8H2,1-2H3. The molecular weight excluding hydrogens is 214 g/mol. The number of hydrogen-bond acceptors (Lipinski definition) is 3. The lowest BCUT2D eigenvalue weighted by atomic mass is 10.3. The van der Waals surface area contributed by atoms with Gasteiger partial charge in [0.25, 0.3) is 0 Å². The van der Waals surface area contributed by atoms with Crippen LogP contribution in [0.4, 0.5) is 0 Å². The molecule has 4 nitrogen and oxygen atoms in total. The Labute approximate surface area is 95.6 Å². The highest BCUT2D eigenvalue weighted by atomic mass is 35.5. The van der Waals surface area contributed by atoms with E-state index in [0.29, 0.717) is 5.28 Å². The highest BCUT2D eigenvalue weighted by molar-refractivity contribution is 6.28. The zero-order valence-corrected chi connectivity index (χ0v) is 10.1. The maximum Gasteiger partial charge on any atom is 0.225 e. The van der Waals surface area contributed by atoms with E-state index in [1.54, 1.807) is 0 Å². The summed E-state index contributed by atoms with van der Waals surface area (Å²) in [5.41, 5.74) is 0. The minimum absolute atomic E-state index is 0.459. The van der Waals surface area contributed by atoms with Crippen LogP contribution in [-0.4, -0.2) is 28.0 Å². The van der Waals surface area contributed by atoms with Crippen molar-refractivity contribution < 1.29 is 4.74 Å². The number of rotatable bonds is 7. The number of hydrogen-bond donors (Lipinski definition) is 0. The average molecular weight is 232 g/mol. The Morgan fingerprint density at radius 1 is 1.27 bits per heavy atom. The largest absolute Gasteiger partial charge is 0.381 e. The first kappa shape index (κ1) is 12.5. The van der Waals surface area contributed by atoms with Crippen molar-refractivity contribution in [3.05, 3.63) is 11.1 Å². The SMILES string of the molecule is CCCCOCCCn1c(C)nnc1Cl. The van der Waals surface area contributed by atoms with Crippen molar-refractivity contribution in [2.75, 3.05) is 13.2 Å². The predicted octanol–water partition coefficient (Wildman–Crippen LogP) is 2.45. The Morgan fingerprint density at radius 3 is 2.60 bits per heavy atom. The number of ether oxygens (including phenoxy) is 1. The van der Waals surface area contributed by atoms with Gasteiger partial charge in [0.2, 0.25) is 5.28 Å². The molecule has 0 saturated heterocycles. The minimum Gasteiger partial charge on any atom is -0.381 e. The molecule has 0 fully saturated rings. The molecule has 0 amide bonds. The van der Waals surface area contributed by atoms with Crippen LogP contribution in [0.2, 0.25) is 5.28 Å². The summed E-state index contributed by atoms with van der Waals surface area (Å²) in [7, 11) is 0. The van der Waals surface area contributed by atoms with Gasteiger partial charge in [0.1, 0.15) is 5.82 Å². The summed E-state index contributed by atoms with van der Waals surface area (Å²) < 4.78 is 7.35. The molecule has 0 spiro atoms. The van der Waals surface area contributed by atoms with Crippen molar-refractivity contribution in [2.45, 2.75) is 39.7 Å². The highest BCUT2D eigenvalue weighted by Crippen LogP contribution is 2.07. The van der Waals surface area contributed by atoms with Crippen LogP contribution in [0.1, 0.15) is 32.0 Å². The van der Waals surface area contributed by atoms with E-state index in [-0.39, 0.29) is 0 Å². The molecule has 1 aromatic rings. The number of halogens is 1. The molecule has 0 unspecified atom stereocenters. The van der Waals surface area contributed by atoms with Crippen LogP contribution in [0.5, 0.6) is 0 Å². The number of unbranched alkanes of at least 4 members (excludes halogenated alkanes) is 1. The fourth-order valence-electron chi connectivity index (χ4n) is 1.28. The second-order valence-electron chi connectivity index (χ2n) is 3.49. The van der Waals surface area contributed by atoms with Gasteiger partial charge in [-0.3, -0.25) is 0 Å². The molecule has 0 atom stereocenters. The van der Waals surface area contributed by atoms with Gasteiger partial charge < -0.3 is 9.30 Å². The monoisotopic (exact) mass is 231 g/mol. The highest BCUT2D eigenvalue weighted by Gasteiger charge is 2.04. The van der Waals surface area contributed by atoms with Crippen LogP contribution in [0.3, 0.4) is 0 Å². The number of aryl methyl sites for hydroxylation is 1. The molecule has 15 heavy (non-hydrogen) atoms. The average Bonchev–Trinajstić information content (AvgIpc) is 2.54. The predicted molar refractivity (Wildman–Crippen MR) is 60.1 cm³/mol. The molecule has 5 heteroatoms. The lowest BCUT2D eigenvalue weighted by molar-refractivity contribution is 0.126. The summed E-state index contributed by atoms with van der Waals surface area (Å²) in [6.07, 6.45) is 3.26. The summed E-state index contributed by atoms with van der Waals surface area (Å²) in [6, 6.07) is 0. The van der Waals surface area contributed by atoms with E-state index in [1.807, 2.05) is 11.5 Å². The Hall–Kier alpha value is -0.610. The molecule has 0 aromatic carbocycles. The van der Waals surface area contributed by atoms with Crippen LogP contribution < -0.4 is 0 Å². The van der Waals surface area contributed by atoms with Gasteiger partial charge in [0.15, 0.2) is 0 Å². The van der Waals surface area contributed by atoms with E-state index in [4.69, 9.17) is 16.3 Å². The summed E-state index contributed by atoms with van der Waals surface area (Å²) >= 11 is 5.86. The lowest BCUT2D eigenvalue weighted by Gasteiger charge is -2.05. The van der Waals surface area contributed by atoms with Crippen LogP contribution >= 0.6 is 11.6 Å². The first-order valence-electron chi connectivity index (χ1n) is 5.38. The zero-order valence-electron chi connectivity index (χ0n) is 9.37. The summed E-state index contributed by atoms with van der Waals surface area (Å²) in [5.74, 6) is 0.855. The fourth-order valence-corrected chi connectivity index (χ4v) is 1.53. The van der Waals surface area contributed by atoms with Crippen LogP contribution in [0.25, 0.3) is 0 Å². The van der Waals surface area contributed by atoms with E-state index in [1.165, 1.54) is 6.42 Å². The third kappa shape index (κ3) is 4.18. The molecule has 0 N–H and O–H groups in total. The van der Waals surface area contributed by atoms with Crippen LogP contribution in [0.15, 0.2) is 0 Å². The van der Waals surface area contributed by atoms with E-state index in [9.17, 15) is 0 Å². The molecule has 0 radical (unpaired) electrons. The normalized spacial score (nSPS) is 10.9. The molecular formula is C10H18ClN3O. The third-order valence-corrected chi connectivity index (χ3v) is 2.48. The van der Waals surface area contributed by atoms with Gasteiger partial charge in [-0.25, -0.2) is 0 Å². The molecule has 86 valence electrons. The second kappa shape index (κ2) is 6.80. The Kier molecular flexibility index (Phi) is 5.65. The van der Waals surface area contributed by atoms with Crippen molar-refractivity contribution >= 4 is 11.6 Å². The molecule has 1 heterocycles. The van der Waals surface area contributed by atoms with E-state index in [0.717, 1.165) is 38.4 Å². The smallest absolute Gasteiger partial charge is 0.225 e. The van der Waals surface area contributed by atoms with Crippen molar-refractivity contribution in [2.24, 2.45) is 0 Å². The van der Waals surface area contributed by atoms with Gasteiger partial charge in [-0.2, -0.15) is 0 Å². The lowest BCUT2D eigenvalue weighted by Crippen LogP contribution is -2.05. The van der Waals surface area contributed by atoms with Gasteiger partial charge in [0.05, 0.1) is 0 Å². The fraction of sp³-hybridized carbons (Fsp3) is 0.800. The summed E-state index contributed by atoms with van der Waals surface area (Å²) in [5, 5.41) is 8.13. The Balaban J connectivity index is 2.15. The van der Waals surface area contributed by atoms with E-state index in [2.05, 4.69) is 17.1 Å². The van der Waals surface area contributed by atoms with Gasteiger partial charge in [-0.15, -0.1) is 10.2 Å². The Bertz CT molecular complexity index is 269. The first-order valence-corrected chi connectivity index (χ1v) is 5.76. The van der Waals surface area contributed by atoms with Crippen molar-refractivity contribution in [1.82, 2.24) is 14.8 Å². The van der Waals surface area contributed by atoms with Crippen molar-refractivity contribution in [3.63, 3.8) is 0 Å². The van der Waals surface area contributed by atoms with Crippen LogP contribution in [0, 0.1) is 6.92 Å².